The van der Waals surface area contributed by atoms with E-state index >= 15 is 0 Å². The van der Waals surface area contributed by atoms with Crippen LogP contribution in [0.1, 0.15) is 83.9 Å². The Kier molecular flexibility index (Phi) is 9.51. The molecule has 2 aromatic carbocycles. The number of para-hydroxylation sites is 2. The lowest BCUT2D eigenvalue weighted by atomic mass is 9.61. The van der Waals surface area contributed by atoms with Crippen LogP contribution in [-0.4, -0.2) is 26.7 Å². The lowest BCUT2D eigenvalue weighted by Gasteiger charge is -2.51. The molecule has 1 saturated heterocycles. The third kappa shape index (κ3) is 5.47. The van der Waals surface area contributed by atoms with Gasteiger partial charge in [0.05, 0.1) is 0 Å². The van der Waals surface area contributed by atoms with Crippen molar-refractivity contribution in [1.82, 2.24) is 0 Å². The molecule has 0 spiro atoms. The van der Waals surface area contributed by atoms with Crippen LogP contribution in [0.25, 0.3) is 0 Å². The normalized spacial score (nSPS) is 17.4. The molecule has 1 unspecified atom stereocenters. The monoisotopic (exact) mass is 462 g/mol. The summed E-state index contributed by atoms with van der Waals surface area (Å²) in [5.41, 5.74) is 7.86. The van der Waals surface area contributed by atoms with Crippen LogP contribution in [0.5, 0.6) is 0 Å². The molecule has 188 valence electrons. The van der Waals surface area contributed by atoms with E-state index in [2.05, 4.69) is 101 Å². The Morgan fingerprint density at radius 1 is 0.794 bits per heavy atom. The molecule has 0 saturated carbocycles. The van der Waals surface area contributed by atoms with Crippen molar-refractivity contribution in [3.05, 3.63) is 59.2 Å². The molecule has 0 amide bonds. The smallest absolute Gasteiger partial charge is 0.0428 e. The topological polar surface area (TPSA) is 6.48 Å². The number of hydrogen-bond acceptors (Lipinski definition) is 2. The van der Waals surface area contributed by atoms with E-state index < -0.39 is 0 Å². The molecule has 0 radical (unpaired) electrons. The summed E-state index contributed by atoms with van der Waals surface area (Å²) >= 11 is 0. The first-order valence-electron chi connectivity index (χ1n) is 14.1. The van der Waals surface area contributed by atoms with Crippen LogP contribution in [0.2, 0.25) is 0 Å². The summed E-state index contributed by atoms with van der Waals surface area (Å²) in [5.74, 6) is 1.42. The Morgan fingerprint density at radius 2 is 1.35 bits per heavy atom. The fourth-order valence-electron chi connectivity index (χ4n) is 6.86. The van der Waals surface area contributed by atoms with E-state index in [9.17, 15) is 0 Å². The zero-order valence-electron chi connectivity index (χ0n) is 23.2. The van der Waals surface area contributed by atoms with Crippen molar-refractivity contribution < 1.29 is 0 Å². The zero-order chi connectivity index (χ0) is 24.7. The van der Waals surface area contributed by atoms with Crippen LogP contribution in [-0.2, 0) is 19.3 Å². The van der Waals surface area contributed by atoms with Gasteiger partial charge in [-0.15, -0.1) is 0 Å². The molecule has 0 aromatic heterocycles. The van der Waals surface area contributed by atoms with Crippen molar-refractivity contribution in [2.24, 2.45) is 17.3 Å². The number of anilines is 2. The van der Waals surface area contributed by atoms with E-state index in [-0.39, 0.29) is 0 Å². The molecular formula is C32H50N2. The summed E-state index contributed by atoms with van der Waals surface area (Å²) in [6, 6.07) is 16.0. The van der Waals surface area contributed by atoms with Crippen LogP contribution in [0, 0.1) is 17.3 Å². The summed E-state index contributed by atoms with van der Waals surface area (Å²) in [6.07, 6.45) is 8.55. The van der Waals surface area contributed by atoms with Gasteiger partial charge in [-0.2, -0.15) is 0 Å². The van der Waals surface area contributed by atoms with Crippen molar-refractivity contribution in [2.45, 2.75) is 86.5 Å². The summed E-state index contributed by atoms with van der Waals surface area (Å²) in [5, 5.41) is 0. The molecule has 1 fully saturated rings. The molecule has 0 aliphatic carbocycles. The number of rotatable bonds is 11. The van der Waals surface area contributed by atoms with E-state index in [1.807, 2.05) is 0 Å². The minimum Gasteiger partial charge on any atom is -0.374 e. The van der Waals surface area contributed by atoms with E-state index in [1.165, 1.54) is 66.8 Å². The highest BCUT2D eigenvalue weighted by Crippen LogP contribution is 2.48. The molecular weight excluding hydrogens is 412 g/mol. The number of aryl methyl sites for hydroxylation is 3. The van der Waals surface area contributed by atoms with E-state index in [4.69, 9.17) is 0 Å². The minimum absolute atomic E-state index is 0.412. The quantitative estimate of drug-likeness (QED) is 0.332. The minimum atomic E-state index is 0.412. The predicted molar refractivity (Wildman–Crippen MR) is 151 cm³/mol. The first kappa shape index (κ1) is 26.6. The Bertz CT molecular complexity index is 871. The Labute approximate surface area is 210 Å². The number of hydrogen-bond donors (Lipinski definition) is 0. The molecule has 1 aliphatic heterocycles. The van der Waals surface area contributed by atoms with Crippen LogP contribution >= 0.6 is 0 Å². The van der Waals surface area contributed by atoms with Gasteiger partial charge in [-0.25, -0.2) is 0 Å². The van der Waals surface area contributed by atoms with Crippen LogP contribution in [0.3, 0.4) is 0 Å². The molecule has 0 bridgehead atoms. The van der Waals surface area contributed by atoms with Crippen LogP contribution < -0.4 is 9.80 Å². The maximum absolute atomic E-state index is 2.67. The first-order chi connectivity index (χ1) is 16.4. The molecule has 2 heteroatoms. The molecule has 2 nitrogen and oxygen atoms in total. The van der Waals surface area contributed by atoms with Crippen molar-refractivity contribution in [3.8, 4) is 0 Å². The fourth-order valence-corrected chi connectivity index (χ4v) is 6.86. The van der Waals surface area contributed by atoms with Crippen molar-refractivity contribution >= 4 is 11.4 Å². The molecule has 3 rings (SSSR count). The second-order valence-corrected chi connectivity index (χ2v) is 10.8. The number of benzene rings is 2. The summed E-state index contributed by atoms with van der Waals surface area (Å²) in [7, 11) is 2.34. The average molecular weight is 463 g/mol. The number of piperidine rings is 1. The lowest BCUT2D eigenvalue weighted by Crippen LogP contribution is -2.49. The molecule has 2 atom stereocenters. The fraction of sp³-hybridized carbons (Fsp3) is 0.625. The Balaban J connectivity index is 1.83. The van der Waals surface area contributed by atoms with Gasteiger partial charge in [0.1, 0.15) is 0 Å². The Morgan fingerprint density at radius 3 is 1.91 bits per heavy atom. The van der Waals surface area contributed by atoms with Gasteiger partial charge in [-0.1, -0.05) is 90.8 Å². The third-order valence-corrected chi connectivity index (χ3v) is 8.99. The van der Waals surface area contributed by atoms with Crippen molar-refractivity contribution in [3.63, 3.8) is 0 Å². The molecule has 0 N–H and O–H groups in total. The summed E-state index contributed by atoms with van der Waals surface area (Å²) < 4.78 is 0. The van der Waals surface area contributed by atoms with Gasteiger partial charge in [0.15, 0.2) is 0 Å². The molecule has 2 aromatic rings. The first-order valence-corrected chi connectivity index (χ1v) is 14.1. The maximum atomic E-state index is 2.67. The average Bonchev–Trinajstić information content (AvgIpc) is 2.88. The molecule has 34 heavy (non-hydrogen) atoms. The van der Waals surface area contributed by atoms with Gasteiger partial charge in [-0.05, 0) is 72.1 Å². The van der Waals surface area contributed by atoms with E-state index in [0.717, 1.165) is 31.7 Å². The maximum Gasteiger partial charge on any atom is 0.0428 e. The summed E-state index contributed by atoms with van der Waals surface area (Å²) in [4.78, 5) is 5.27. The van der Waals surface area contributed by atoms with Gasteiger partial charge in [0.25, 0.3) is 0 Å². The Hall–Kier alpha value is -1.96. The second kappa shape index (κ2) is 12.1. The molecule has 1 heterocycles. The van der Waals surface area contributed by atoms with E-state index in [0.29, 0.717) is 11.3 Å². The van der Waals surface area contributed by atoms with Crippen LogP contribution in [0.4, 0.5) is 11.4 Å². The summed E-state index contributed by atoms with van der Waals surface area (Å²) in [6.45, 7) is 17.9. The number of nitrogens with zero attached hydrogens (tertiary/aromatic N) is 2. The third-order valence-electron chi connectivity index (χ3n) is 8.99. The largest absolute Gasteiger partial charge is 0.374 e. The highest BCUT2D eigenvalue weighted by molar-refractivity contribution is 5.59. The predicted octanol–water partition coefficient (Wildman–Crippen LogP) is 8.17. The van der Waals surface area contributed by atoms with Crippen molar-refractivity contribution in [1.29, 1.82) is 0 Å². The molecule has 1 aliphatic rings. The van der Waals surface area contributed by atoms with Gasteiger partial charge in [0, 0.05) is 38.1 Å². The lowest BCUT2D eigenvalue weighted by molar-refractivity contribution is 0.0540. The van der Waals surface area contributed by atoms with Gasteiger partial charge >= 0.3 is 0 Å². The van der Waals surface area contributed by atoms with Gasteiger partial charge in [-0.3, -0.25) is 0 Å². The zero-order valence-corrected chi connectivity index (χ0v) is 23.2. The van der Waals surface area contributed by atoms with Gasteiger partial charge < -0.3 is 9.80 Å². The second-order valence-electron chi connectivity index (χ2n) is 10.8. The van der Waals surface area contributed by atoms with E-state index in [1.54, 1.807) is 0 Å². The highest BCUT2D eigenvalue weighted by atomic mass is 15.1. The van der Waals surface area contributed by atoms with Gasteiger partial charge in [0.2, 0.25) is 0 Å². The SMILES string of the molecule is CCCC(C)C1([C@@H](C)CN(C)c2c(CC)cccc2CC)CCN(c2ccccc2CC)CC1. The van der Waals surface area contributed by atoms with Crippen LogP contribution in [0.15, 0.2) is 42.5 Å². The van der Waals surface area contributed by atoms with Crippen molar-refractivity contribution in [2.75, 3.05) is 36.5 Å². The highest BCUT2D eigenvalue weighted by Gasteiger charge is 2.43. The standard InChI is InChI=1S/C32H50N2/c1-8-15-25(5)32(20-22-34(23-21-32)30-19-13-12-16-27(30)9-2)26(6)24-33(7)31-28(10-3)17-14-18-29(31)11-4/h12-14,16-19,25-26H,8-11,15,20-24H2,1-7H3/t25?,26-/m0/s1.